The van der Waals surface area contributed by atoms with Crippen molar-refractivity contribution in [2.75, 3.05) is 5.32 Å². The molecular formula is C10H17N3. The average Bonchev–Trinajstić information content (AvgIpc) is 2.62. The number of nitrogens with one attached hydrogen (secondary N) is 1. The molecule has 2 atom stereocenters. The van der Waals surface area contributed by atoms with E-state index < -0.39 is 0 Å². The molecule has 1 aliphatic rings. The van der Waals surface area contributed by atoms with E-state index in [-0.39, 0.29) is 0 Å². The van der Waals surface area contributed by atoms with Crippen molar-refractivity contribution in [3.8, 4) is 0 Å². The molecule has 0 unspecified atom stereocenters. The van der Waals surface area contributed by atoms with Gasteiger partial charge in [0.1, 0.15) is 0 Å². The van der Waals surface area contributed by atoms with Crippen LogP contribution in [0, 0.1) is 5.92 Å². The van der Waals surface area contributed by atoms with Crippen LogP contribution < -0.4 is 5.32 Å². The molecule has 3 nitrogen and oxygen atoms in total. The quantitative estimate of drug-likeness (QED) is 0.752. The molecule has 1 saturated carbocycles. The summed E-state index contributed by atoms with van der Waals surface area (Å²) in [4.78, 5) is 0. The first-order valence-corrected chi connectivity index (χ1v) is 4.99. The SMILES string of the molecule is C[C@H]1CC[C@@H](Nc2cnn(C)c2)C1. The van der Waals surface area contributed by atoms with Crippen LogP contribution in [0.5, 0.6) is 0 Å². The van der Waals surface area contributed by atoms with Gasteiger partial charge in [-0.3, -0.25) is 4.68 Å². The number of aromatic nitrogens is 2. The van der Waals surface area contributed by atoms with Crippen LogP contribution in [0.2, 0.25) is 0 Å². The van der Waals surface area contributed by atoms with E-state index in [0.29, 0.717) is 6.04 Å². The smallest absolute Gasteiger partial charge is 0.0728 e. The minimum absolute atomic E-state index is 0.666. The van der Waals surface area contributed by atoms with Gasteiger partial charge in [-0.15, -0.1) is 0 Å². The van der Waals surface area contributed by atoms with Crippen molar-refractivity contribution in [2.45, 2.75) is 32.2 Å². The van der Waals surface area contributed by atoms with Gasteiger partial charge < -0.3 is 5.32 Å². The maximum absolute atomic E-state index is 4.13. The van der Waals surface area contributed by atoms with Gasteiger partial charge in [-0.1, -0.05) is 6.92 Å². The standard InChI is InChI=1S/C10H17N3/c1-8-3-4-9(5-8)12-10-6-11-13(2)7-10/h6-9,12H,3-5H2,1-2H3/t8-,9+/m0/s1. The fraction of sp³-hybridized carbons (Fsp3) is 0.700. The molecule has 0 amide bonds. The maximum Gasteiger partial charge on any atom is 0.0728 e. The Balaban J connectivity index is 1.91. The Morgan fingerprint density at radius 3 is 2.92 bits per heavy atom. The molecule has 72 valence electrons. The van der Waals surface area contributed by atoms with Gasteiger partial charge in [0.2, 0.25) is 0 Å². The molecule has 0 aliphatic heterocycles. The summed E-state index contributed by atoms with van der Waals surface area (Å²) in [6, 6.07) is 0.666. The van der Waals surface area contributed by atoms with Crippen molar-refractivity contribution in [1.82, 2.24) is 9.78 Å². The second-order valence-corrected chi connectivity index (χ2v) is 4.16. The highest BCUT2D eigenvalue weighted by molar-refractivity contribution is 5.39. The van der Waals surface area contributed by atoms with Crippen LogP contribution in [0.25, 0.3) is 0 Å². The number of hydrogen-bond acceptors (Lipinski definition) is 2. The van der Waals surface area contributed by atoms with Crippen LogP contribution >= 0.6 is 0 Å². The first kappa shape index (κ1) is 8.60. The molecule has 1 aliphatic carbocycles. The number of aryl methyl sites for hydroxylation is 1. The predicted octanol–water partition coefficient (Wildman–Crippen LogP) is 2.02. The summed E-state index contributed by atoms with van der Waals surface area (Å²) in [7, 11) is 1.95. The lowest BCUT2D eigenvalue weighted by Gasteiger charge is -2.11. The summed E-state index contributed by atoms with van der Waals surface area (Å²) in [6.45, 7) is 2.32. The number of rotatable bonds is 2. The van der Waals surface area contributed by atoms with Crippen molar-refractivity contribution in [3.63, 3.8) is 0 Å². The Morgan fingerprint density at radius 2 is 2.38 bits per heavy atom. The molecule has 1 N–H and O–H groups in total. The van der Waals surface area contributed by atoms with Gasteiger partial charge in [-0.2, -0.15) is 5.10 Å². The highest BCUT2D eigenvalue weighted by Gasteiger charge is 2.20. The van der Waals surface area contributed by atoms with E-state index in [0.717, 1.165) is 11.6 Å². The second kappa shape index (κ2) is 3.40. The minimum atomic E-state index is 0.666. The van der Waals surface area contributed by atoms with Gasteiger partial charge in [-0.05, 0) is 25.2 Å². The zero-order valence-corrected chi connectivity index (χ0v) is 8.33. The maximum atomic E-state index is 4.13. The summed E-state index contributed by atoms with van der Waals surface area (Å²) in [5.41, 5.74) is 1.15. The second-order valence-electron chi connectivity index (χ2n) is 4.16. The summed E-state index contributed by atoms with van der Waals surface area (Å²) >= 11 is 0. The van der Waals surface area contributed by atoms with E-state index in [1.165, 1.54) is 19.3 Å². The van der Waals surface area contributed by atoms with Crippen molar-refractivity contribution in [1.29, 1.82) is 0 Å². The van der Waals surface area contributed by atoms with Crippen LogP contribution in [-0.4, -0.2) is 15.8 Å². The van der Waals surface area contributed by atoms with Crippen LogP contribution in [0.15, 0.2) is 12.4 Å². The molecule has 1 aromatic rings. The Morgan fingerprint density at radius 1 is 1.54 bits per heavy atom. The van der Waals surface area contributed by atoms with E-state index in [2.05, 4.69) is 17.3 Å². The van der Waals surface area contributed by atoms with Gasteiger partial charge in [0.25, 0.3) is 0 Å². The summed E-state index contributed by atoms with van der Waals surface area (Å²) in [6.07, 6.45) is 7.88. The molecule has 1 heterocycles. The average molecular weight is 179 g/mol. The molecule has 0 aromatic carbocycles. The monoisotopic (exact) mass is 179 g/mol. The summed E-state index contributed by atoms with van der Waals surface area (Å²) < 4.78 is 1.83. The van der Waals surface area contributed by atoms with Crippen LogP contribution in [0.4, 0.5) is 5.69 Å². The van der Waals surface area contributed by atoms with Gasteiger partial charge in [-0.25, -0.2) is 0 Å². The molecule has 1 fully saturated rings. The van der Waals surface area contributed by atoms with E-state index in [9.17, 15) is 0 Å². The van der Waals surface area contributed by atoms with Crippen molar-refractivity contribution < 1.29 is 0 Å². The number of hydrogen-bond donors (Lipinski definition) is 1. The Labute approximate surface area is 79.1 Å². The molecule has 0 radical (unpaired) electrons. The van der Waals surface area contributed by atoms with Crippen LogP contribution in [0.3, 0.4) is 0 Å². The topological polar surface area (TPSA) is 29.9 Å². The van der Waals surface area contributed by atoms with Gasteiger partial charge in [0.15, 0.2) is 0 Å². The lowest BCUT2D eigenvalue weighted by molar-refractivity contribution is 0.602. The Hall–Kier alpha value is -0.990. The molecule has 13 heavy (non-hydrogen) atoms. The third kappa shape index (κ3) is 2.02. The zero-order valence-electron chi connectivity index (χ0n) is 8.33. The zero-order chi connectivity index (χ0) is 9.26. The van der Waals surface area contributed by atoms with E-state index in [1.807, 2.05) is 24.1 Å². The molecule has 0 saturated heterocycles. The molecule has 3 heteroatoms. The first-order valence-electron chi connectivity index (χ1n) is 4.99. The van der Waals surface area contributed by atoms with Crippen LogP contribution in [-0.2, 0) is 7.05 Å². The third-order valence-corrected chi connectivity index (χ3v) is 2.77. The highest BCUT2D eigenvalue weighted by Crippen LogP contribution is 2.27. The molecule has 0 spiro atoms. The van der Waals surface area contributed by atoms with Crippen molar-refractivity contribution in [3.05, 3.63) is 12.4 Å². The Bertz CT molecular complexity index is 279. The van der Waals surface area contributed by atoms with E-state index >= 15 is 0 Å². The summed E-state index contributed by atoms with van der Waals surface area (Å²) in [5.74, 6) is 0.883. The van der Waals surface area contributed by atoms with E-state index in [1.54, 1.807) is 0 Å². The number of anilines is 1. The lowest BCUT2D eigenvalue weighted by Crippen LogP contribution is -2.14. The van der Waals surface area contributed by atoms with Crippen LogP contribution in [0.1, 0.15) is 26.2 Å². The molecular weight excluding hydrogens is 162 g/mol. The fourth-order valence-corrected chi connectivity index (χ4v) is 2.07. The molecule has 0 bridgehead atoms. The predicted molar refractivity (Wildman–Crippen MR) is 53.6 cm³/mol. The summed E-state index contributed by atoms with van der Waals surface area (Å²) in [5, 5.41) is 7.64. The molecule has 2 rings (SSSR count). The van der Waals surface area contributed by atoms with Gasteiger partial charge >= 0.3 is 0 Å². The highest BCUT2D eigenvalue weighted by atomic mass is 15.3. The minimum Gasteiger partial charge on any atom is -0.380 e. The van der Waals surface area contributed by atoms with Gasteiger partial charge in [0, 0.05) is 19.3 Å². The van der Waals surface area contributed by atoms with E-state index in [4.69, 9.17) is 0 Å². The lowest BCUT2D eigenvalue weighted by atomic mass is 10.1. The third-order valence-electron chi connectivity index (χ3n) is 2.77. The fourth-order valence-electron chi connectivity index (χ4n) is 2.07. The van der Waals surface area contributed by atoms with Crippen molar-refractivity contribution in [2.24, 2.45) is 13.0 Å². The Kier molecular flexibility index (Phi) is 2.25. The van der Waals surface area contributed by atoms with Crippen molar-refractivity contribution >= 4 is 5.69 Å². The largest absolute Gasteiger partial charge is 0.380 e. The normalized spacial score (nSPS) is 27.8. The number of nitrogens with zero attached hydrogens (tertiary/aromatic N) is 2. The molecule has 1 aromatic heterocycles. The first-order chi connectivity index (χ1) is 6.24. The van der Waals surface area contributed by atoms with Gasteiger partial charge in [0.05, 0.1) is 11.9 Å².